The summed E-state index contributed by atoms with van der Waals surface area (Å²) in [5.74, 6) is 0.844. The molecule has 4 rings (SSSR count). The molecule has 2 saturated heterocycles. The van der Waals surface area contributed by atoms with Crippen LogP contribution in [-0.2, 0) is 11.2 Å². The van der Waals surface area contributed by atoms with E-state index in [0.717, 1.165) is 29.8 Å². The summed E-state index contributed by atoms with van der Waals surface area (Å²) in [5, 5.41) is 7.86. The molecule has 0 saturated carbocycles. The Morgan fingerprint density at radius 3 is 2.69 bits per heavy atom. The van der Waals surface area contributed by atoms with E-state index in [1.54, 1.807) is 4.52 Å². The molecular weight excluding hydrogens is 352 g/mol. The van der Waals surface area contributed by atoms with E-state index < -0.39 is 0 Å². The summed E-state index contributed by atoms with van der Waals surface area (Å²) < 4.78 is 1.75. The lowest BCUT2D eigenvalue weighted by atomic mass is 9.98. The average molecular weight is 379 g/mol. The van der Waals surface area contributed by atoms with Gasteiger partial charge >= 0.3 is 0 Å². The summed E-state index contributed by atoms with van der Waals surface area (Å²) in [6.07, 6.45) is 7.41. The van der Waals surface area contributed by atoms with E-state index in [1.165, 1.54) is 19.2 Å². The second-order valence-electron chi connectivity index (χ2n) is 7.50. The first-order chi connectivity index (χ1) is 12.0. The van der Waals surface area contributed by atoms with E-state index in [0.29, 0.717) is 36.7 Å². The van der Waals surface area contributed by atoms with Gasteiger partial charge in [-0.05, 0) is 51.5 Å². The van der Waals surface area contributed by atoms with Gasteiger partial charge in [0, 0.05) is 43.0 Å². The first-order valence-electron chi connectivity index (χ1n) is 9.20. The molecular formula is C18H27ClN6O. The second-order valence-corrected chi connectivity index (χ2v) is 7.50. The molecule has 2 aromatic heterocycles. The molecule has 2 aliphatic rings. The number of hydrogen-bond acceptors (Lipinski definition) is 5. The molecule has 1 amide bonds. The van der Waals surface area contributed by atoms with Gasteiger partial charge in [-0.1, -0.05) is 0 Å². The highest BCUT2D eigenvalue weighted by molar-refractivity contribution is 5.85. The van der Waals surface area contributed by atoms with Gasteiger partial charge < -0.3 is 10.2 Å². The van der Waals surface area contributed by atoms with Crippen molar-refractivity contribution < 1.29 is 4.79 Å². The van der Waals surface area contributed by atoms with Crippen LogP contribution in [0, 0.1) is 13.8 Å². The predicted molar refractivity (Wildman–Crippen MR) is 102 cm³/mol. The van der Waals surface area contributed by atoms with Gasteiger partial charge in [-0.25, -0.2) is 9.50 Å². The lowest BCUT2D eigenvalue weighted by Gasteiger charge is -2.35. The van der Waals surface area contributed by atoms with Crippen LogP contribution >= 0.6 is 12.4 Å². The fourth-order valence-corrected chi connectivity index (χ4v) is 4.47. The Balaban J connectivity index is 0.00000196. The summed E-state index contributed by atoms with van der Waals surface area (Å²) in [6, 6.07) is 1.58. The highest BCUT2D eigenvalue weighted by atomic mass is 35.5. The topological polar surface area (TPSA) is 75.4 Å². The quantitative estimate of drug-likeness (QED) is 0.878. The van der Waals surface area contributed by atoms with Crippen molar-refractivity contribution in [1.29, 1.82) is 0 Å². The number of fused-ring (bicyclic) bond motifs is 3. The number of nitrogens with zero attached hydrogens (tertiary/aromatic N) is 5. The molecule has 2 atom stereocenters. The number of rotatable bonds is 4. The minimum atomic E-state index is 0. The van der Waals surface area contributed by atoms with Gasteiger partial charge in [-0.15, -0.1) is 12.4 Å². The third kappa shape index (κ3) is 3.42. The van der Waals surface area contributed by atoms with Crippen LogP contribution in [0.1, 0.15) is 49.1 Å². The Kier molecular flexibility index (Phi) is 5.48. The zero-order valence-corrected chi connectivity index (χ0v) is 16.4. The van der Waals surface area contributed by atoms with Crippen LogP contribution < -0.4 is 5.32 Å². The van der Waals surface area contributed by atoms with E-state index >= 15 is 0 Å². The highest BCUT2D eigenvalue weighted by Crippen LogP contribution is 2.29. The Bertz CT molecular complexity index is 794. The van der Waals surface area contributed by atoms with Crippen molar-refractivity contribution in [2.45, 2.75) is 70.5 Å². The molecule has 4 heterocycles. The van der Waals surface area contributed by atoms with Crippen molar-refractivity contribution in [3.63, 3.8) is 0 Å². The van der Waals surface area contributed by atoms with E-state index in [9.17, 15) is 4.79 Å². The predicted octanol–water partition coefficient (Wildman–Crippen LogP) is 1.84. The van der Waals surface area contributed by atoms with E-state index in [1.807, 2.05) is 25.8 Å². The Morgan fingerprint density at radius 2 is 2.00 bits per heavy atom. The molecule has 26 heavy (non-hydrogen) atoms. The van der Waals surface area contributed by atoms with Gasteiger partial charge in [0.15, 0.2) is 0 Å². The maximum absolute atomic E-state index is 12.7. The smallest absolute Gasteiger partial charge is 0.252 e. The molecule has 2 aliphatic heterocycles. The van der Waals surface area contributed by atoms with Crippen molar-refractivity contribution in [3.8, 4) is 0 Å². The fraction of sp³-hybridized carbons (Fsp3) is 0.667. The van der Waals surface area contributed by atoms with Gasteiger partial charge in [-0.2, -0.15) is 10.1 Å². The molecule has 7 nitrogen and oxygen atoms in total. The number of carbonyl (C=O) groups excluding carboxylic acids is 1. The zero-order valence-electron chi connectivity index (χ0n) is 15.6. The van der Waals surface area contributed by atoms with Gasteiger partial charge in [-0.3, -0.25) is 4.79 Å². The summed E-state index contributed by atoms with van der Waals surface area (Å²) in [6.45, 7) is 4.00. The monoisotopic (exact) mass is 378 g/mol. The van der Waals surface area contributed by atoms with Crippen molar-refractivity contribution in [2.75, 3.05) is 7.05 Å². The molecule has 0 aromatic carbocycles. The fourth-order valence-electron chi connectivity index (χ4n) is 4.47. The van der Waals surface area contributed by atoms with Crippen LogP contribution in [0.3, 0.4) is 0 Å². The molecule has 8 heteroatoms. The van der Waals surface area contributed by atoms with Gasteiger partial charge in [0.05, 0.1) is 0 Å². The summed E-state index contributed by atoms with van der Waals surface area (Å²) in [4.78, 5) is 23.4. The molecule has 2 bridgehead atoms. The number of piperidine rings is 1. The maximum Gasteiger partial charge on any atom is 0.252 e. The molecule has 2 aromatic rings. The SMILES string of the molecule is Cc1nc2ncnn2c(C)c1CCC(=O)N(C)C1CC2CCC(C1)N2.Cl. The number of aryl methyl sites for hydroxylation is 2. The Labute approximate surface area is 160 Å². The number of amides is 1. The lowest BCUT2D eigenvalue weighted by Crippen LogP contribution is -2.48. The third-order valence-electron chi connectivity index (χ3n) is 5.97. The maximum atomic E-state index is 12.7. The minimum absolute atomic E-state index is 0. The number of aromatic nitrogens is 4. The largest absolute Gasteiger partial charge is 0.343 e. The second kappa shape index (κ2) is 7.48. The van der Waals surface area contributed by atoms with Gasteiger partial charge in [0.1, 0.15) is 6.33 Å². The summed E-state index contributed by atoms with van der Waals surface area (Å²) >= 11 is 0. The van der Waals surface area contributed by atoms with Crippen LogP contribution in [0.5, 0.6) is 0 Å². The molecule has 1 N–H and O–H groups in total. The number of carbonyl (C=O) groups is 1. The van der Waals surface area contributed by atoms with E-state index in [-0.39, 0.29) is 18.3 Å². The molecule has 142 valence electrons. The highest BCUT2D eigenvalue weighted by Gasteiger charge is 2.36. The zero-order chi connectivity index (χ0) is 17.6. The molecule has 0 aliphatic carbocycles. The van der Waals surface area contributed by atoms with Gasteiger partial charge in [0.2, 0.25) is 5.91 Å². The van der Waals surface area contributed by atoms with Crippen LogP contribution in [0.2, 0.25) is 0 Å². The number of hydrogen-bond donors (Lipinski definition) is 1. The van der Waals surface area contributed by atoms with Crippen LogP contribution in [0.25, 0.3) is 5.78 Å². The Morgan fingerprint density at radius 1 is 1.31 bits per heavy atom. The lowest BCUT2D eigenvalue weighted by molar-refractivity contribution is -0.132. The molecule has 0 spiro atoms. The average Bonchev–Trinajstić information content (AvgIpc) is 3.19. The summed E-state index contributed by atoms with van der Waals surface area (Å²) in [5.41, 5.74) is 3.06. The molecule has 2 unspecified atom stereocenters. The normalized spacial score (nSPS) is 24.5. The van der Waals surface area contributed by atoms with Crippen molar-refractivity contribution in [3.05, 3.63) is 23.3 Å². The molecule has 0 radical (unpaired) electrons. The minimum Gasteiger partial charge on any atom is -0.343 e. The number of nitrogens with one attached hydrogen (secondary N) is 1. The van der Waals surface area contributed by atoms with Crippen molar-refractivity contribution in [1.82, 2.24) is 29.8 Å². The van der Waals surface area contributed by atoms with Crippen LogP contribution in [0.15, 0.2) is 6.33 Å². The first-order valence-corrected chi connectivity index (χ1v) is 9.20. The standard InChI is InChI=1S/C18H26N6O.ClH/c1-11-16(12(2)24-18(21-11)19-10-20-24)6-7-17(25)23(3)15-8-13-4-5-14(9-15)22-13;/h10,13-15,22H,4-9H2,1-3H3;1H. The van der Waals surface area contributed by atoms with Crippen molar-refractivity contribution in [2.24, 2.45) is 0 Å². The van der Waals surface area contributed by atoms with Crippen LogP contribution in [0.4, 0.5) is 0 Å². The first kappa shape index (κ1) is 19.0. The van der Waals surface area contributed by atoms with E-state index in [4.69, 9.17) is 0 Å². The van der Waals surface area contributed by atoms with Crippen molar-refractivity contribution >= 4 is 24.1 Å². The summed E-state index contributed by atoms with van der Waals surface area (Å²) in [7, 11) is 1.97. The molecule has 2 fully saturated rings. The van der Waals surface area contributed by atoms with Crippen LogP contribution in [-0.4, -0.2) is 55.6 Å². The van der Waals surface area contributed by atoms with E-state index in [2.05, 4.69) is 20.4 Å². The third-order valence-corrected chi connectivity index (χ3v) is 5.97. The Hall–Kier alpha value is -1.73. The number of halogens is 1. The van der Waals surface area contributed by atoms with Gasteiger partial charge in [0.25, 0.3) is 5.78 Å².